The van der Waals surface area contributed by atoms with E-state index in [-0.39, 0.29) is 23.3 Å². The number of methoxy groups -OCH3 is 1. The van der Waals surface area contributed by atoms with E-state index < -0.39 is 24.8 Å². The fraction of sp³-hybridized carbons (Fsp3) is 0.154. The Labute approximate surface area is 224 Å². The van der Waals surface area contributed by atoms with Crippen LogP contribution in [0.25, 0.3) is 11.3 Å². The van der Waals surface area contributed by atoms with E-state index in [9.17, 15) is 22.9 Å². The third-order valence-electron chi connectivity index (χ3n) is 5.91. The van der Waals surface area contributed by atoms with Gasteiger partial charge < -0.3 is 14.5 Å². The molecule has 0 radical (unpaired) electrons. The number of hydrogen-bond acceptors (Lipinski definition) is 4. The summed E-state index contributed by atoms with van der Waals surface area (Å²) < 4.78 is 47.3. The average molecular weight is 607 g/mol. The molecule has 8 nitrogen and oxygen atoms in total. The van der Waals surface area contributed by atoms with Gasteiger partial charge in [-0.3, -0.25) is 13.7 Å². The van der Waals surface area contributed by atoms with E-state index in [1.807, 2.05) is 30.3 Å². The monoisotopic (exact) mass is 606 g/mol. The quantitative estimate of drug-likeness (QED) is 0.211. The standard InChI is InChI=1S/C26H22BrF2N2O6P/c1-37-24(32)20-10-7-17(8-11-20)14-30-16-23(19-5-3-2-4-6-19)31(25(30)33)15-18-9-12-21(22(27)13-18)26(28,29)38(34,35)36/h2-13,16H,14-15H2,1H3,(H2,34,35,36). The molecule has 0 spiro atoms. The predicted octanol–water partition coefficient (Wildman–Crippen LogP) is 5.19. The van der Waals surface area contributed by atoms with Crippen LogP contribution >= 0.6 is 23.5 Å². The van der Waals surface area contributed by atoms with E-state index in [0.29, 0.717) is 16.8 Å². The second kappa shape index (κ2) is 10.8. The molecule has 4 rings (SSSR count). The van der Waals surface area contributed by atoms with Gasteiger partial charge in [-0.25, -0.2) is 9.59 Å². The Morgan fingerprint density at radius 2 is 1.63 bits per heavy atom. The van der Waals surface area contributed by atoms with Crippen molar-refractivity contribution in [1.29, 1.82) is 0 Å². The molecule has 0 unspecified atom stereocenters. The molecule has 3 aromatic carbocycles. The van der Waals surface area contributed by atoms with Crippen molar-refractivity contribution in [3.63, 3.8) is 0 Å². The summed E-state index contributed by atoms with van der Waals surface area (Å²) in [4.78, 5) is 43.3. The molecule has 0 saturated heterocycles. The van der Waals surface area contributed by atoms with Gasteiger partial charge in [-0.05, 0) is 34.9 Å². The van der Waals surface area contributed by atoms with E-state index in [1.54, 1.807) is 30.5 Å². The van der Waals surface area contributed by atoms with Crippen LogP contribution in [0.1, 0.15) is 27.0 Å². The van der Waals surface area contributed by atoms with Gasteiger partial charge >= 0.3 is 24.9 Å². The van der Waals surface area contributed by atoms with Crippen LogP contribution in [-0.4, -0.2) is 32.0 Å². The van der Waals surface area contributed by atoms with Gasteiger partial charge in [0.25, 0.3) is 0 Å². The first-order valence-corrected chi connectivity index (χ1v) is 13.6. The van der Waals surface area contributed by atoms with E-state index in [2.05, 4.69) is 15.9 Å². The summed E-state index contributed by atoms with van der Waals surface area (Å²) in [5, 5.41) is 0. The molecule has 0 aliphatic heterocycles. The number of nitrogens with zero attached hydrogens (tertiary/aromatic N) is 2. The van der Waals surface area contributed by atoms with Gasteiger partial charge in [-0.1, -0.05) is 70.5 Å². The summed E-state index contributed by atoms with van der Waals surface area (Å²) in [6.07, 6.45) is 1.69. The minimum Gasteiger partial charge on any atom is -0.465 e. The number of carbonyl (C=O) groups excluding carboxylic acids is 1. The van der Waals surface area contributed by atoms with Crippen LogP contribution in [0.15, 0.2) is 88.3 Å². The van der Waals surface area contributed by atoms with Gasteiger partial charge in [-0.2, -0.15) is 8.78 Å². The number of ether oxygens (including phenoxy) is 1. The summed E-state index contributed by atoms with van der Waals surface area (Å²) >= 11 is 2.99. The summed E-state index contributed by atoms with van der Waals surface area (Å²) in [6, 6.07) is 19.3. The zero-order valence-electron chi connectivity index (χ0n) is 19.9. The summed E-state index contributed by atoms with van der Waals surface area (Å²) in [5.74, 6) is -0.470. The molecule has 0 amide bonds. The summed E-state index contributed by atoms with van der Waals surface area (Å²) in [5.41, 5.74) is -2.63. The molecule has 12 heteroatoms. The van der Waals surface area contributed by atoms with Crippen molar-refractivity contribution in [2.75, 3.05) is 7.11 Å². The molecule has 1 aromatic heterocycles. The molecular formula is C26H22BrF2N2O6P. The zero-order valence-corrected chi connectivity index (χ0v) is 22.4. The van der Waals surface area contributed by atoms with Crippen LogP contribution < -0.4 is 5.69 Å². The van der Waals surface area contributed by atoms with Crippen molar-refractivity contribution in [3.05, 3.63) is 116 Å². The molecule has 0 aliphatic carbocycles. The van der Waals surface area contributed by atoms with Crippen LogP contribution in [0.2, 0.25) is 0 Å². The Bertz CT molecular complexity index is 1580. The van der Waals surface area contributed by atoms with E-state index in [4.69, 9.17) is 14.5 Å². The first-order valence-electron chi connectivity index (χ1n) is 11.2. The fourth-order valence-corrected chi connectivity index (χ4v) is 5.27. The second-order valence-electron chi connectivity index (χ2n) is 8.46. The topological polar surface area (TPSA) is 111 Å². The maximum Gasteiger partial charge on any atom is 0.399 e. The van der Waals surface area contributed by atoms with Gasteiger partial charge in [-0.15, -0.1) is 0 Å². The number of benzene rings is 3. The van der Waals surface area contributed by atoms with Crippen molar-refractivity contribution in [2.24, 2.45) is 0 Å². The molecular weight excluding hydrogens is 585 g/mol. The fourth-order valence-electron chi connectivity index (χ4n) is 3.94. The smallest absolute Gasteiger partial charge is 0.399 e. The molecule has 2 N–H and O–H groups in total. The summed E-state index contributed by atoms with van der Waals surface area (Å²) in [6.45, 7) is 0.224. The van der Waals surface area contributed by atoms with Gasteiger partial charge in [0.1, 0.15) is 0 Å². The SMILES string of the molecule is COC(=O)c1ccc(Cn2cc(-c3ccccc3)n(Cc3ccc(C(F)(F)P(=O)(O)O)c(Br)c3)c2=O)cc1. The Hall–Kier alpha value is -3.37. The van der Waals surface area contributed by atoms with Crippen LogP contribution in [0.5, 0.6) is 0 Å². The highest BCUT2D eigenvalue weighted by Gasteiger charge is 2.51. The number of imidazole rings is 1. The van der Waals surface area contributed by atoms with Crippen LogP contribution in [0.4, 0.5) is 8.78 Å². The van der Waals surface area contributed by atoms with Crippen molar-refractivity contribution in [3.8, 4) is 11.3 Å². The maximum absolute atomic E-state index is 14.3. The maximum atomic E-state index is 14.3. The molecule has 0 bridgehead atoms. The minimum absolute atomic E-state index is 0.0116. The Morgan fingerprint density at radius 1 is 1.00 bits per heavy atom. The highest BCUT2D eigenvalue weighted by molar-refractivity contribution is 9.10. The lowest BCUT2D eigenvalue weighted by molar-refractivity contribution is 0.0557. The highest BCUT2D eigenvalue weighted by atomic mass is 79.9. The van der Waals surface area contributed by atoms with Crippen LogP contribution in [-0.2, 0) is 28.1 Å². The molecule has 198 valence electrons. The highest BCUT2D eigenvalue weighted by Crippen LogP contribution is 2.60. The van der Waals surface area contributed by atoms with Crippen molar-refractivity contribution < 1.29 is 32.7 Å². The van der Waals surface area contributed by atoms with Crippen molar-refractivity contribution in [2.45, 2.75) is 18.8 Å². The van der Waals surface area contributed by atoms with Crippen molar-refractivity contribution >= 4 is 29.5 Å². The molecule has 38 heavy (non-hydrogen) atoms. The Morgan fingerprint density at radius 3 is 2.21 bits per heavy atom. The van der Waals surface area contributed by atoms with Crippen LogP contribution in [0, 0.1) is 0 Å². The Balaban J connectivity index is 1.71. The number of alkyl halides is 2. The lowest BCUT2D eigenvalue weighted by atomic mass is 10.1. The number of hydrogen-bond donors (Lipinski definition) is 2. The lowest BCUT2D eigenvalue weighted by Crippen LogP contribution is -2.25. The molecule has 4 aromatic rings. The number of esters is 1. The molecule has 0 atom stereocenters. The second-order valence-corrected chi connectivity index (χ2v) is 11.0. The molecule has 0 saturated carbocycles. The van der Waals surface area contributed by atoms with Crippen LogP contribution in [0.3, 0.4) is 0 Å². The third-order valence-corrected chi connectivity index (χ3v) is 7.54. The number of carbonyl (C=O) groups is 1. The van der Waals surface area contributed by atoms with E-state index >= 15 is 0 Å². The average Bonchev–Trinajstić information content (AvgIpc) is 3.18. The first kappa shape index (κ1) is 27.7. The van der Waals surface area contributed by atoms with Gasteiger partial charge in [0.2, 0.25) is 0 Å². The van der Waals surface area contributed by atoms with Crippen molar-refractivity contribution in [1.82, 2.24) is 9.13 Å². The molecule has 1 heterocycles. The number of aromatic nitrogens is 2. The zero-order chi connectivity index (χ0) is 27.7. The lowest BCUT2D eigenvalue weighted by Gasteiger charge is -2.19. The number of rotatable bonds is 8. The molecule has 0 aliphatic rings. The molecule has 0 fully saturated rings. The van der Waals surface area contributed by atoms with Gasteiger partial charge in [0.05, 0.1) is 31.5 Å². The van der Waals surface area contributed by atoms with E-state index in [1.165, 1.54) is 28.4 Å². The minimum atomic E-state index is -5.74. The Kier molecular flexibility index (Phi) is 7.85. The normalized spacial score (nSPS) is 11.9. The van der Waals surface area contributed by atoms with E-state index in [0.717, 1.165) is 17.2 Å². The van der Waals surface area contributed by atoms with Gasteiger partial charge in [0, 0.05) is 16.2 Å². The van der Waals surface area contributed by atoms with Gasteiger partial charge in [0.15, 0.2) is 0 Å². The predicted molar refractivity (Wildman–Crippen MR) is 140 cm³/mol. The summed E-state index contributed by atoms with van der Waals surface area (Å²) in [7, 11) is -4.45. The first-order chi connectivity index (χ1) is 17.9. The largest absolute Gasteiger partial charge is 0.465 e. The number of halogens is 3. The third kappa shape index (κ3) is 5.56.